The second-order valence-electron chi connectivity index (χ2n) is 15.5. The number of carbonyl (C=O) groups excluding carboxylic acids is 5. The topological polar surface area (TPSA) is 337 Å². The summed E-state index contributed by atoms with van der Waals surface area (Å²) < 4.78 is 0. The molecule has 334 valence electrons. The predicted molar refractivity (Wildman–Crippen MR) is 230 cm³/mol. The maximum atomic E-state index is 14.2. The van der Waals surface area contributed by atoms with Gasteiger partial charge in [0.25, 0.3) is 0 Å². The van der Waals surface area contributed by atoms with Gasteiger partial charge in [0.15, 0.2) is 17.7 Å². The maximum absolute atomic E-state index is 14.2. The maximum Gasteiger partial charge on any atom is 0.307 e. The summed E-state index contributed by atoms with van der Waals surface area (Å²) in [7, 11) is 0. The van der Waals surface area contributed by atoms with Gasteiger partial charge in [-0.3, -0.25) is 38.8 Å². The van der Waals surface area contributed by atoms with Gasteiger partial charge >= 0.3 is 5.97 Å². The number of Topliss-reactive ketones (excluding diaryl/α,β-unsaturated/α-hetero) is 1. The van der Waals surface area contributed by atoms with E-state index in [1.807, 2.05) is 13.0 Å². The molecule has 2 aromatic carbocycles. The van der Waals surface area contributed by atoms with E-state index in [0.717, 1.165) is 5.56 Å². The molecular formula is C42H63N11O8. The molecule has 15 N–H and O–H groups in total. The Morgan fingerprint density at radius 2 is 1.41 bits per heavy atom. The van der Waals surface area contributed by atoms with Gasteiger partial charge < -0.3 is 59.7 Å². The van der Waals surface area contributed by atoms with E-state index in [9.17, 15) is 39.0 Å². The highest BCUT2D eigenvalue weighted by molar-refractivity contribution is 5.97. The fourth-order valence-electron chi connectivity index (χ4n) is 7.08. The molecule has 1 saturated heterocycles. The van der Waals surface area contributed by atoms with Crippen molar-refractivity contribution in [3.8, 4) is 5.75 Å². The summed E-state index contributed by atoms with van der Waals surface area (Å²) in [4.78, 5) is 91.1. The normalized spacial score (nSPS) is 16.4. The molecule has 4 amide bonds. The van der Waals surface area contributed by atoms with Crippen LogP contribution in [-0.4, -0.2) is 112 Å². The molecule has 0 aromatic heterocycles. The highest BCUT2D eigenvalue weighted by Gasteiger charge is 2.40. The number of nitrogens with zero attached hydrogens (tertiary/aromatic N) is 3. The minimum atomic E-state index is -1.25. The number of nitrogens with two attached hydrogens (primary N) is 5. The highest BCUT2D eigenvalue weighted by Crippen LogP contribution is 2.22. The van der Waals surface area contributed by atoms with E-state index in [-0.39, 0.29) is 81.7 Å². The number of aromatic hydroxyl groups is 1. The molecule has 3 rings (SSSR count). The molecule has 1 aliphatic heterocycles. The van der Waals surface area contributed by atoms with Crippen LogP contribution >= 0.6 is 0 Å². The number of aliphatic imine (C=N–C) groups is 2. The zero-order valence-electron chi connectivity index (χ0n) is 35.0. The molecule has 0 spiro atoms. The van der Waals surface area contributed by atoms with Gasteiger partial charge in [-0.2, -0.15) is 0 Å². The number of nitrogens with one attached hydrogen (secondary N) is 3. The quantitative estimate of drug-likeness (QED) is 0.0351. The van der Waals surface area contributed by atoms with Gasteiger partial charge in [-0.25, -0.2) is 0 Å². The Morgan fingerprint density at radius 1 is 0.803 bits per heavy atom. The molecule has 2 aromatic rings. The number of phenolic OH excluding ortho intramolecular Hbond substituents is 1. The van der Waals surface area contributed by atoms with Crippen LogP contribution in [0.25, 0.3) is 0 Å². The molecule has 19 heteroatoms. The zero-order chi connectivity index (χ0) is 45.1. The average molecular weight is 850 g/mol. The van der Waals surface area contributed by atoms with Crippen molar-refractivity contribution in [3.05, 3.63) is 65.7 Å². The van der Waals surface area contributed by atoms with Crippen LogP contribution in [0.15, 0.2) is 64.6 Å². The van der Waals surface area contributed by atoms with Crippen molar-refractivity contribution in [3.63, 3.8) is 0 Å². The lowest BCUT2D eigenvalue weighted by Gasteiger charge is -2.31. The standard InChI is InChI=1S/C42H63N11O8/c1-3-25(2)35(34(55)24-28(40(60)61)22-26-10-5-4-6-11-26)52-37(57)32(23-27-15-17-29(54)18-16-27)51-38(58)33-14-9-21-53(33)39(59)31(13-8-20-49-42(46)47)50-36(56)30(43)12-7-19-48-41(44)45/h4-6,10-11,15-18,25,28,30-33,35,54H,3,7-9,12-14,19-24,43H2,1-2H3,(H,50,56)(H,51,58)(H,52,57)(H,60,61)(H4,44,45,48)(H4,46,47,49)/t25?,28-,30?,31?,32?,33?,35+/m1/s1. The van der Waals surface area contributed by atoms with Crippen LogP contribution in [0.1, 0.15) is 76.3 Å². The van der Waals surface area contributed by atoms with Crippen molar-refractivity contribution < 1.29 is 39.0 Å². The van der Waals surface area contributed by atoms with E-state index < -0.39 is 71.5 Å². The molecule has 7 atom stereocenters. The highest BCUT2D eigenvalue weighted by atomic mass is 16.4. The Hall–Kier alpha value is -6.24. The minimum Gasteiger partial charge on any atom is -0.508 e. The number of aliphatic carboxylic acids is 1. The van der Waals surface area contributed by atoms with Crippen molar-refractivity contribution in [1.82, 2.24) is 20.9 Å². The number of rotatable bonds is 25. The first-order valence-electron chi connectivity index (χ1n) is 20.7. The first-order chi connectivity index (χ1) is 29.0. The van der Waals surface area contributed by atoms with Crippen molar-refractivity contribution >= 4 is 47.3 Å². The third-order valence-electron chi connectivity index (χ3n) is 10.7. The Labute approximate surface area is 356 Å². The minimum absolute atomic E-state index is 0.00772. The lowest BCUT2D eigenvalue weighted by molar-refractivity contribution is -0.144. The number of amides is 4. The van der Waals surface area contributed by atoms with Gasteiger partial charge in [0.2, 0.25) is 23.6 Å². The van der Waals surface area contributed by atoms with Gasteiger partial charge in [-0.05, 0) is 74.1 Å². The Morgan fingerprint density at radius 3 is 2.00 bits per heavy atom. The largest absolute Gasteiger partial charge is 0.508 e. The SMILES string of the molecule is CCC(C)[C@H](NC(=O)C(Cc1ccc(O)cc1)NC(=O)C1CCCN1C(=O)C(CCCN=C(N)N)NC(=O)C(N)CCCN=C(N)N)C(=O)C[C@@H](Cc1ccccc1)C(=O)O. The van der Waals surface area contributed by atoms with Gasteiger partial charge in [0.05, 0.1) is 18.0 Å². The molecule has 1 heterocycles. The van der Waals surface area contributed by atoms with Gasteiger partial charge in [-0.1, -0.05) is 62.7 Å². The summed E-state index contributed by atoms with van der Waals surface area (Å²) >= 11 is 0. The first kappa shape index (κ1) is 49.1. The number of guanidine groups is 2. The van der Waals surface area contributed by atoms with E-state index in [2.05, 4.69) is 25.9 Å². The van der Waals surface area contributed by atoms with Crippen LogP contribution in [0, 0.1) is 11.8 Å². The van der Waals surface area contributed by atoms with E-state index >= 15 is 0 Å². The van der Waals surface area contributed by atoms with Crippen LogP contribution in [0.4, 0.5) is 0 Å². The summed E-state index contributed by atoms with van der Waals surface area (Å²) in [6, 6.07) is 9.59. The number of phenols is 1. The molecule has 1 aliphatic rings. The van der Waals surface area contributed by atoms with E-state index in [1.165, 1.54) is 17.0 Å². The molecule has 0 bridgehead atoms. The number of hydrogen-bond donors (Lipinski definition) is 10. The molecule has 5 unspecified atom stereocenters. The summed E-state index contributed by atoms with van der Waals surface area (Å²) in [6.45, 7) is 4.24. The van der Waals surface area contributed by atoms with Crippen molar-refractivity contribution in [2.45, 2.75) is 108 Å². The van der Waals surface area contributed by atoms with Crippen molar-refractivity contribution in [2.24, 2.45) is 50.5 Å². The van der Waals surface area contributed by atoms with Gasteiger partial charge in [0.1, 0.15) is 23.9 Å². The van der Waals surface area contributed by atoms with E-state index in [1.54, 1.807) is 43.3 Å². The molecule has 0 aliphatic carbocycles. The lowest BCUT2D eigenvalue weighted by atomic mass is 9.87. The monoisotopic (exact) mass is 849 g/mol. The fraction of sp³-hybridized carbons (Fsp3) is 0.524. The van der Waals surface area contributed by atoms with Crippen molar-refractivity contribution in [1.29, 1.82) is 0 Å². The summed E-state index contributed by atoms with van der Waals surface area (Å²) in [5.41, 5.74) is 29.2. The number of ketones is 1. The Balaban J connectivity index is 1.84. The molecule has 61 heavy (non-hydrogen) atoms. The summed E-state index contributed by atoms with van der Waals surface area (Å²) in [6.07, 6.45) is 2.01. The van der Waals surface area contributed by atoms with Gasteiger partial charge in [0, 0.05) is 32.5 Å². The predicted octanol–water partition coefficient (Wildman–Crippen LogP) is -0.237. The molecule has 19 nitrogen and oxygen atoms in total. The third kappa shape index (κ3) is 16.4. The molecule has 0 radical (unpaired) electrons. The van der Waals surface area contributed by atoms with Crippen molar-refractivity contribution in [2.75, 3.05) is 19.6 Å². The second-order valence-corrected chi connectivity index (χ2v) is 15.5. The number of likely N-dealkylation sites (tertiary alicyclic amines) is 1. The van der Waals surface area contributed by atoms with Gasteiger partial charge in [-0.15, -0.1) is 0 Å². The molecule has 0 saturated carbocycles. The lowest BCUT2D eigenvalue weighted by Crippen LogP contribution is -2.59. The fourth-order valence-corrected chi connectivity index (χ4v) is 7.08. The van der Waals surface area contributed by atoms with Crippen LogP contribution in [0.3, 0.4) is 0 Å². The third-order valence-corrected chi connectivity index (χ3v) is 10.7. The van der Waals surface area contributed by atoms with E-state index in [4.69, 9.17) is 28.7 Å². The number of carboxylic acid groups (broad SMARTS) is 1. The number of carboxylic acids is 1. The number of hydrogen-bond acceptors (Lipinski definition) is 10. The second kappa shape index (κ2) is 24.7. The smallest absolute Gasteiger partial charge is 0.307 e. The van der Waals surface area contributed by atoms with Crippen LogP contribution in [0.5, 0.6) is 5.75 Å². The number of benzene rings is 2. The average Bonchev–Trinajstić information content (AvgIpc) is 3.72. The van der Waals surface area contributed by atoms with Crippen LogP contribution in [0.2, 0.25) is 0 Å². The summed E-state index contributed by atoms with van der Waals surface area (Å²) in [5.74, 6) is -5.71. The Kier molecular flexibility index (Phi) is 19.9. The molecule has 1 fully saturated rings. The Bertz CT molecular complexity index is 1840. The van der Waals surface area contributed by atoms with Crippen LogP contribution in [-0.2, 0) is 41.6 Å². The van der Waals surface area contributed by atoms with E-state index in [0.29, 0.717) is 31.2 Å². The summed E-state index contributed by atoms with van der Waals surface area (Å²) in [5, 5.41) is 28.3. The number of carbonyl (C=O) groups is 6. The molecular weight excluding hydrogens is 787 g/mol. The zero-order valence-corrected chi connectivity index (χ0v) is 35.0. The first-order valence-corrected chi connectivity index (χ1v) is 20.7. The van der Waals surface area contributed by atoms with Crippen LogP contribution < -0.4 is 44.6 Å².